The molecule has 5 rings (SSSR count). The molecule has 1 aliphatic rings. The normalized spacial score (nSPS) is 16.9. The van der Waals surface area contributed by atoms with Crippen molar-refractivity contribution in [3.05, 3.63) is 83.2 Å². The van der Waals surface area contributed by atoms with Crippen molar-refractivity contribution < 1.29 is 22.4 Å². The van der Waals surface area contributed by atoms with Crippen molar-refractivity contribution in [3.63, 3.8) is 0 Å². The molecule has 10 heteroatoms. The van der Waals surface area contributed by atoms with Crippen LogP contribution >= 0.6 is 0 Å². The third-order valence-electron chi connectivity index (χ3n) is 8.24. The number of hydrogen-bond acceptors (Lipinski definition) is 4. The number of rotatable bonds is 7. The van der Waals surface area contributed by atoms with Crippen LogP contribution in [0.15, 0.2) is 54.7 Å². The van der Waals surface area contributed by atoms with Crippen LogP contribution in [-0.2, 0) is 11.0 Å². The van der Waals surface area contributed by atoms with E-state index in [-0.39, 0.29) is 23.6 Å². The van der Waals surface area contributed by atoms with E-state index in [1.165, 1.54) is 16.5 Å². The Morgan fingerprint density at radius 2 is 1.80 bits per heavy atom. The fraction of sp³-hybridized carbons (Fsp3) is 0.387. The van der Waals surface area contributed by atoms with Gasteiger partial charge < -0.3 is 10.6 Å². The van der Waals surface area contributed by atoms with Crippen LogP contribution in [-0.4, -0.2) is 38.3 Å². The lowest BCUT2D eigenvalue weighted by atomic mass is 9.91. The summed E-state index contributed by atoms with van der Waals surface area (Å²) in [5.74, 6) is -0.492. The lowest BCUT2D eigenvalue weighted by Crippen LogP contribution is -2.34. The number of imidazole rings is 1. The van der Waals surface area contributed by atoms with Crippen molar-refractivity contribution >= 4 is 17.2 Å². The van der Waals surface area contributed by atoms with Crippen molar-refractivity contribution in [1.82, 2.24) is 19.3 Å². The van der Waals surface area contributed by atoms with Gasteiger partial charge in [-0.15, -0.1) is 0 Å². The number of nitrogen functional groups attached to an aromatic ring is 1. The summed E-state index contributed by atoms with van der Waals surface area (Å²) in [6.07, 6.45) is -1.98. The molecule has 0 saturated carbocycles. The highest BCUT2D eigenvalue weighted by atomic mass is 19.4. The average Bonchev–Trinajstić information content (AvgIpc) is 3.47. The summed E-state index contributed by atoms with van der Waals surface area (Å²) >= 11 is 0. The third kappa shape index (κ3) is 5.27. The lowest BCUT2D eigenvalue weighted by molar-refractivity contribution is -0.137. The number of halogens is 4. The van der Waals surface area contributed by atoms with Crippen molar-refractivity contribution in [2.75, 3.05) is 18.8 Å². The molecule has 2 aromatic heterocycles. The molecule has 6 nitrogen and oxygen atoms in total. The van der Waals surface area contributed by atoms with Crippen LogP contribution < -0.4 is 5.73 Å². The quantitative estimate of drug-likeness (QED) is 0.243. The molecule has 0 radical (unpaired) electrons. The van der Waals surface area contributed by atoms with Crippen LogP contribution in [0.1, 0.15) is 74.9 Å². The fourth-order valence-electron chi connectivity index (χ4n) is 5.60. The lowest BCUT2D eigenvalue weighted by Gasteiger charge is -2.24. The molecule has 0 spiro atoms. The van der Waals surface area contributed by atoms with E-state index in [4.69, 9.17) is 10.7 Å². The molecule has 1 fully saturated rings. The number of alkyl halides is 3. The molecule has 3 heterocycles. The standard InChI is InChI=1S/C31H33F4N5O/c1-5-19(17-39-14-13-30(3,4)29(39)41)28-38-25(26-27(36)37-16-24(32)40(26)28)21-11-9-20(10-12-21)18(2)22-7-6-8-23(15-22)31(33,34)35/h6-12,15-16,18-19H,5,13-14,17H2,1-4H3,(H2,36,37)/t18-,19+/m0/s1. The number of carbonyl (C=O) groups is 1. The maximum Gasteiger partial charge on any atom is 0.416 e. The zero-order chi connectivity index (χ0) is 29.7. The van der Waals surface area contributed by atoms with E-state index in [2.05, 4.69) is 4.98 Å². The Kier molecular flexibility index (Phi) is 7.29. The van der Waals surface area contributed by atoms with Crippen LogP contribution in [0.4, 0.5) is 23.4 Å². The molecule has 4 aromatic rings. The minimum atomic E-state index is -4.42. The Morgan fingerprint density at radius 3 is 2.41 bits per heavy atom. The van der Waals surface area contributed by atoms with Gasteiger partial charge in [0.15, 0.2) is 0 Å². The number of fused-ring (bicyclic) bond motifs is 1. The average molecular weight is 568 g/mol. The molecule has 0 unspecified atom stereocenters. The van der Waals surface area contributed by atoms with Crippen molar-refractivity contribution in [2.24, 2.45) is 5.41 Å². The molecule has 216 valence electrons. The van der Waals surface area contributed by atoms with Gasteiger partial charge in [0, 0.05) is 35.9 Å². The smallest absolute Gasteiger partial charge is 0.382 e. The number of aromatic nitrogens is 3. The minimum Gasteiger partial charge on any atom is -0.382 e. The molecule has 0 aliphatic carbocycles. The molecule has 1 aliphatic heterocycles. The highest BCUT2D eigenvalue weighted by Crippen LogP contribution is 2.37. The molecular weight excluding hydrogens is 534 g/mol. The topological polar surface area (TPSA) is 76.5 Å². The van der Waals surface area contributed by atoms with E-state index in [0.29, 0.717) is 47.7 Å². The van der Waals surface area contributed by atoms with Gasteiger partial charge in [-0.25, -0.2) is 9.97 Å². The number of anilines is 1. The highest BCUT2D eigenvalue weighted by Gasteiger charge is 2.40. The Balaban J connectivity index is 1.51. The van der Waals surface area contributed by atoms with E-state index in [0.717, 1.165) is 24.2 Å². The monoisotopic (exact) mass is 567 g/mol. The second-order valence-corrected chi connectivity index (χ2v) is 11.4. The molecule has 2 atom stereocenters. The number of nitrogens with zero attached hydrogens (tertiary/aromatic N) is 4. The van der Waals surface area contributed by atoms with Crippen molar-refractivity contribution in [1.29, 1.82) is 0 Å². The summed E-state index contributed by atoms with van der Waals surface area (Å²) in [5, 5.41) is 0. The second-order valence-electron chi connectivity index (χ2n) is 11.4. The number of likely N-dealkylation sites (tertiary alicyclic amines) is 1. The largest absolute Gasteiger partial charge is 0.416 e. The Hall–Kier alpha value is -3.95. The molecule has 2 aromatic carbocycles. The van der Waals surface area contributed by atoms with Gasteiger partial charge in [0.25, 0.3) is 0 Å². The summed E-state index contributed by atoms with van der Waals surface area (Å²) in [7, 11) is 0. The summed E-state index contributed by atoms with van der Waals surface area (Å²) in [5.41, 5.74) is 7.95. The zero-order valence-corrected chi connectivity index (χ0v) is 23.5. The number of benzene rings is 2. The highest BCUT2D eigenvalue weighted by molar-refractivity contribution is 5.86. The van der Waals surface area contributed by atoms with Gasteiger partial charge >= 0.3 is 6.18 Å². The molecule has 0 bridgehead atoms. The minimum absolute atomic E-state index is 0.0733. The second kappa shape index (κ2) is 10.5. The van der Waals surface area contributed by atoms with E-state index in [1.807, 2.05) is 56.9 Å². The van der Waals surface area contributed by atoms with Crippen molar-refractivity contribution in [3.8, 4) is 11.3 Å². The van der Waals surface area contributed by atoms with Gasteiger partial charge in [0.05, 0.1) is 11.8 Å². The first-order valence-electron chi connectivity index (χ1n) is 13.7. The first kappa shape index (κ1) is 28.6. The summed E-state index contributed by atoms with van der Waals surface area (Å²) < 4.78 is 56.4. The predicted molar refractivity (Wildman–Crippen MR) is 150 cm³/mol. The molecule has 41 heavy (non-hydrogen) atoms. The van der Waals surface area contributed by atoms with Crippen LogP contribution in [0, 0.1) is 11.4 Å². The van der Waals surface area contributed by atoms with Crippen LogP contribution in [0.5, 0.6) is 0 Å². The van der Waals surface area contributed by atoms with Gasteiger partial charge in [-0.2, -0.15) is 17.6 Å². The van der Waals surface area contributed by atoms with E-state index >= 15 is 4.39 Å². The van der Waals surface area contributed by atoms with Crippen molar-refractivity contribution in [2.45, 2.75) is 58.5 Å². The first-order valence-corrected chi connectivity index (χ1v) is 13.7. The SMILES string of the molecule is CC[C@H](CN1CCC(C)(C)C1=O)c1nc(-c2ccc([C@H](C)c3cccc(C(F)(F)F)c3)cc2)c2c(N)ncc(F)n12. The molecule has 2 N–H and O–H groups in total. The van der Waals surface area contributed by atoms with E-state index in [9.17, 15) is 18.0 Å². The Morgan fingerprint density at radius 1 is 1.10 bits per heavy atom. The number of nitrogens with two attached hydrogens (primary N) is 1. The zero-order valence-electron chi connectivity index (χ0n) is 23.5. The first-order chi connectivity index (χ1) is 19.3. The summed E-state index contributed by atoms with van der Waals surface area (Å²) in [6, 6.07) is 12.6. The van der Waals surface area contributed by atoms with Crippen LogP contribution in [0.25, 0.3) is 16.8 Å². The summed E-state index contributed by atoms with van der Waals surface area (Å²) in [4.78, 5) is 23.6. The maximum atomic E-state index is 15.3. The molecule has 1 amide bonds. The van der Waals surface area contributed by atoms with E-state index < -0.39 is 23.1 Å². The third-order valence-corrected chi connectivity index (χ3v) is 8.24. The van der Waals surface area contributed by atoms with Gasteiger partial charge in [0.1, 0.15) is 22.9 Å². The predicted octanol–water partition coefficient (Wildman–Crippen LogP) is 7.04. The Bertz CT molecular complexity index is 1590. The Labute approximate surface area is 236 Å². The number of carbonyl (C=O) groups excluding carboxylic acids is 1. The van der Waals surface area contributed by atoms with Crippen LogP contribution in [0.3, 0.4) is 0 Å². The fourth-order valence-corrected chi connectivity index (χ4v) is 5.60. The number of hydrogen-bond donors (Lipinski definition) is 1. The summed E-state index contributed by atoms with van der Waals surface area (Å²) in [6.45, 7) is 8.73. The van der Waals surface area contributed by atoms with Gasteiger partial charge in [0.2, 0.25) is 11.9 Å². The van der Waals surface area contributed by atoms with Gasteiger partial charge in [-0.3, -0.25) is 9.20 Å². The molecular formula is C31H33F4N5O. The van der Waals surface area contributed by atoms with Crippen LogP contribution in [0.2, 0.25) is 0 Å². The number of amides is 1. The maximum absolute atomic E-state index is 15.3. The van der Waals surface area contributed by atoms with E-state index in [1.54, 1.807) is 6.07 Å². The molecule has 1 saturated heterocycles. The van der Waals surface area contributed by atoms with Gasteiger partial charge in [-0.05, 0) is 30.0 Å². The van der Waals surface area contributed by atoms with Gasteiger partial charge in [-0.1, -0.05) is 70.2 Å².